The summed E-state index contributed by atoms with van der Waals surface area (Å²) in [5, 5.41) is 2.26. The van der Waals surface area contributed by atoms with Gasteiger partial charge in [0.15, 0.2) is 17.3 Å². The highest BCUT2D eigenvalue weighted by molar-refractivity contribution is 6.00. The van der Waals surface area contributed by atoms with Crippen LogP contribution in [0.25, 0.3) is 0 Å². The highest BCUT2D eigenvalue weighted by Gasteiger charge is 2.18. The molecule has 1 aromatic carbocycles. The van der Waals surface area contributed by atoms with E-state index in [4.69, 9.17) is 13.6 Å². The maximum atomic E-state index is 12.0. The number of ketones is 1. The molecule has 0 fully saturated rings. The summed E-state index contributed by atoms with van der Waals surface area (Å²) in [6, 6.07) is 3.99. The Kier molecular flexibility index (Phi) is 2.87. The van der Waals surface area contributed by atoms with Gasteiger partial charge in [-0.3, -0.25) is 4.79 Å². The van der Waals surface area contributed by atoms with Crippen molar-refractivity contribution >= 4 is 18.2 Å². The number of nitrogens with one attached hydrogen (secondary N) is 1. The third-order valence-corrected chi connectivity index (χ3v) is 2.27. The second kappa shape index (κ2) is 5.18. The lowest BCUT2D eigenvalue weighted by Crippen LogP contribution is -2.30. The van der Waals surface area contributed by atoms with Crippen molar-refractivity contribution < 1.29 is 18.4 Å². The van der Waals surface area contributed by atoms with Gasteiger partial charge in [0.2, 0.25) is 6.79 Å². The highest BCUT2D eigenvalue weighted by Crippen LogP contribution is 2.32. The molecule has 1 aliphatic heterocycles. The van der Waals surface area contributed by atoms with E-state index in [9.17, 15) is 4.79 Å². The van der Waals surface area contributed by atoms with Crippen molar-refractivity contribution in [2.24, 2.45) is 0 Å². The number of carbonyl (C=O) groups excluding carboxylic acids is 1. The first-order valence-corrected chi connectivity index (χ1v) is 4.58. The van der Waals surface area contributed by atoms with Gasteiger partial charge in [-0.1, -0.05) is 0 Å². The Hall–Kier alpha value is -1.26. The van der Waals surface area contributed by atoms with Crippen molar-refractivity contribution in [2.75, 3.05) is 13.8 Å². The summed E-state index contributed by atoms with van der Waals surface area (Å²) in [6.07, 6.45) is 0. The Morgan fingerprint density at radius 1 is 1.50 bits per heavy atom. The molecule has 0 bridgehead atoms. The summed E-state index contributed by atoms with van der Waals surface area (Å²) in [5.74, 6) is 0.786. The third-order valence-electron chi connectivity index (χ3n) is 2.27. The number of carbonyl (C=O) groups is 1. The molecule has 1 unspecified atom stereocenters. The monoisotopic (exact) mass is 246 g/mol. The molecule has 1 atom stereocenters. The molecule has 0 radical (unpaired) electrons. The molecular formula is C11H14ClNO3. The van der Waals surface area contributed by atoms with Gasteiger partial charge in [-0.15, -0.1) is 12.4 Å². The van der Waals surface area contributed by atoms with Crippen LogP contribution in [0.3, 0.4) is 0 Å². The van der Waals surface area contributed by atoms with Gasteiger partial charge in [-0.05, 0) is 32.1 Å². The number of likely N-dealkylation sites (N-methyl/N-ethyl adjacent to an activating group) is 1. The Labute approximate surface area is 105 Å². The van der Waals surface area contributed by atoms with Gasteiger partial charge in [-0.25, -0.2) is 0 Å². The largest absolute Gasteiger partial charge is 0.454 e. The SMILES string of the molecule is Cl.[2H]C([2H])([2H])NC(C)C(=O)c1ccc2c(c1)OCO2. The summed E-state index contributed by atoms with van der Waals surface area (Å²) in [4.78, 5) is 12.0. The third kappa shape index (κ3) is 2.28. The summed E-state index contributed by atoms with van der Waals surface area (Å²) < 4.78 is 31.5. The van der Waals surface area contributed by atoms with Gasteiger partial charge in [0, 0.05) is 9.68 Å². The number of rotatable bonds is 3. The van der Waals surface area contributed by atoms with Gasteiger partial charge in [0.05, 0.1) is 6.04 Å². The molecule has 0 aromatic heterocycles. The molecule has 4 nitrogen and oxygen atoms in total. The molecule has 0 aliphatic carbocycles. The number of halogens is 1. The van der Waals surface area contributed by atoms with Crippen LogP contribution >= 0.6 is 12.4 Å². The van der Waals surface area contributed by atoms with E-state index in [2.05, 4.69) is 5.32 Å². The van der Waals surface area contributed by atoms with E-state index in [0.717, 1.165) is 0 Å². The van der Waals surface area contributed by atoms with E-state index >= 15 is 0 Å². The van der Waals surface area contributed by atoms with E-state index in [1.807, 2.05) is 0 Å². The van der Waals surface area contributed by atoms with Gasteiger partial charge >= 0.3 is 0 Å². The molecule has 16 heavy (non-hydrogen) atoms. The minimum Gasteiger partial charge on any atom is -0.454 e. The fourth-order valence-electron chi connectivity index (χ4n) is 1.37. The van der Waals surface area contributed by atoms with Crippen molar-refractivity contribution in [1.29, 1.82) is 0 Å². The molecule has 0 saturated heterocycles. The van der Waals surface area contributed by atoms with Gasteiger partial charge < -0.3 is 14.8 Å². The molecule has 88 valence electrons. The molecule has 5 heteroatoms. The van der Waals surface area contributed by atoms with Crippen LogP contribution < -0.4 is 14.8 Å². The molecule has 1 aromatic rings. The van der Waals surface area contributed by atoms with Gasteiger partial charge in [0.25, 0.3) is 0 Å². The summed E-state index contributed by atoms with van der Waals surface area (Å²) in [5.41, 5.74) is 0.392. The Bertz CT molecular complexity index is 479. The van der Waals surface area contributed by atoms with Gasteiger partial charge in [0.1, 0.15) is 0 Å². The highest BCUT2D eigenvalue weighted by atomic mass is 35.5. The quantitative estimate of drug-likeness (QED) is 0.824. The van der Waals surface area contributed by atoms with E-state index in [-0.39, 0.29) is 25.0 Å². The lowest BCUT2D eigenvalue weighted by Gasteiger charge is -2.09. The zero-order valence-electron chi connectivity index (χ0n) is 11.6. The summed E-state index contributed by atoms with van der Waals surface area (Å²) in [6.45, 7) is -0.694. The lowest BCUT2D eigenvalue weighted by atomic mass is 10.1. The van der Waals surface area contributed by atoms with Crippen LogP contribution in [0.2, 0.25) is 0 Å². The fourth-order valence-corrected chi connectivity index (χ4v) is 1.37. The van der Waals surface area contributed by atoms with Crippen LogP contribution in [0.15, 0.2) is 18.2 Å². The maximum absolute atomic E-state index is 12.0. The molecule has 0 spiro atoms. The van der Waals surface area contributed by atoms with E-state index < -0.39 is 13.0 Å². The molecule has 1 heterocycles. The second-order valence-corrected chi connectivity index (χ2v) is 3.30. The topological polar surface area (TPSA) is 47.6 Å². The van der Waals surface area contributed by atoms with Crippen LogP contribution in [0.1, 0.15) is 21.4 Å². The molecule has 1 aliphatic rings. The molecule has 1 N–H and O–H groups in total. The fraction of sp³-hybridized carbons (Fsp3) is 0.364. The second-order valence-electron chi connectivity index (χ2n) is 3.30. The zero-order chi connectivity index (χ0) is 13.3. The van der Waals surface area contributed by atoms with Crippen LogP contribution in [-0.4, -0.2) is 25.6 Å². The van der Waals surface area contributed by atoms with Crippen LogP contribution in [0, 0.1) is 0 Å². The Balaban J connectivity index is 0.00000180. The summed E-state index contributed by atoms with van der Waals surface area (Å²) in [7, 11) is 0. The predicted molar refractivity (Wildman–Crippen MR) is 62.7 cm³/mol. The minimum absolute atomic E-state index is 0. The molecular weight excluding hydrogens is 230 g/mol. The lowest BCUT2D eigenvalue weighted by molar-refractivity contribution is 0.0954. The molecule has 0 saturated carbocycles. The van der Waals surface area contributed by atoms with Crippen molar-refractivity contribution in [1.82, 2.24) is 5.32 Å². The standard InChI is InChI=1S/C11H13NO3.ClH/c1-7(12-2)11(13)8-3-4-9-10(5-8)15-6-14-9;/h3-5,7,12H,6H2,1-2H3;1H/i2D3;. The zero-order valence-corrected chi connectivity index (χ0v) is 9.47. The van der Waals surface area contributed by atoms with Gasteiger partial charge in [-0.2, -0.15) is 0 Å². The van der Waals surface area contributed by atoms with Crippen LogP contribution in [0.5, 0.6) is 11.5 Å². The van der Waals surface area contributed by atoms with E-state index in [1.54, 1.807) is 18.2 Å². The summed E-state index contributed by atoms with van der Waals surface area (Å²) >= 11 is 0. The first-order valence-electron chi connectivity index (χ1n) is 6.08. The van der Waals surface area contributed by atoms with Crippen molar-refractivity contribution in [3.05, 3.63) is 23.8 Å². The number of Topliss-reactive ketones (excluding diaryl/α,β-unsaturated/α-hetero) is 1. The van der Waals surface area contributed by atoms with Crippen molar-refractivity contribution in [3.8, 4) is 11.5 Å². The number of fused-ring (bicyclic) bond motifs is 1. The number of benzene rings is 1. The molecule has 2 rings (SSSR count). The normalized spacial score (nSPS) is 17.7. The average Bonchev–Trinajstić information content (AvgIpc) is 2.72. The van der Waals surface area contributed by atoms with Crippen LogP contribution in [0.4, 0.5) is 0 Å². The number of hydrogen-bond donors (Lipinski definition) is 1. The number of hydrogen-bond acceptors (Lipinski definition) is 4. The first kappa shape index (κ1) is 8.84. The minimum atomic E-state index is -2.34. The van der Waals surface area contributed by atoms with Crippen molar-refractivity contribution in [3.63, 3.8) is 0 Å². The first-order chi connectivity index (χ1) is 8.37. The number of ether oxygens (including phenoxy) is 2. The van der Waals surface area contributed by atoms with E-state index in [1.165, 1.54) is 6.92 Å². The van der Waals surface area contributed by atoms with E-state index in [0.29, 0.717) is 17.1 Å². The molecule has 0 amide bonds. The Morgan fingerprint density at radius 3 is 3.00 bits per heavy atom. The average molecular weight is 247 g/mol. The van der Waals surface area contributed by atoms with Crippen LogP contribution in [-0.2, 0) is 0 Å². The smallest absolute Gasteiger partial charge is 0.231 e. The Morgan fingerprint density at radius 2 is 2.25 bits per heavy atom. The van der Waals surface area contributed by atoms with Crippen molar-refractivity contribution in [2.45, 2.75) is 13.0 Å². The predicted octanol–water partition coefficient (Wildman–Crippen LogP) is 1.63. The maximum Gasteiger partial charge on any atom is 0.231 e.